The summed E-state index contributed by atoms with van der Waals surface area (Å²) >= 11 is 1.28. The van der Waals surface area contributed by atoms with Crippen LogP contribution in [0.2, 0.25) is 0 Å². The van der Waals surface area contributed by atoms with Crippen molar-refractivity contribution in [1.29, 1.82) is 0 Å². The van der Waals surface area contributed by atoms with Crippen LogP contribution in [0.5, 0.6) is 5.75 Å². The first-order chi connectivity index (χ1) is 9.82. The van der Waals surface area contributed by atoms with Gasteiger partial charge in [0, 0.05) is 24.2 Å². The van der Waals surface area contributed by atoms with Crippen molar-refractivity contribution < 1.29 is 17.9 Å². The highest BCUT2D eigenvalue weighted by molar-refractivity contribution is 7.89. The van der Waals surface area contributed by atoms with Crippen molar-refractivity contribution in [3.63, 3.8) is 0 Å². The van der Waals surface area contributed by atoms with Crippen molar-refractivity contribution in [2.75, 3.05) is 19.1 Å². The zero-order valence-corrected chi connectivity index (χ0v) is 13.1. The molecule has 6 nitrogen and oxygen atoms in total. The van der Waals surface area contributed by atoms with Gasteiger partial charge in [0.15, 0.2) is 0 Å². The van der Waals surface area contributed by atoms with Crippen LogP contribution in [0.4, 0.5) is 5.69 Å². The summed E-state index contributed by atoms with van der Waals surface area (Å²) in [5.41, 5.74) is 0.569. The summed E-state index contributed by atoms with van der Waals surface area (Å²) in [5.74, 6) is 0.424. The first-order valence-electron chi connectivity index (χ1n) is 5.86. The van der Waals surface area contributed by atoms with Crippen LogP contribution in [0, 0.1) is 0 Å². The molecule has 1 amide bonds. The average molecular weight is 326 g/mol. The van der Waals surface area contributed by atoms with Gasteiger partial charge in [-0.15, -0.1) is 11.3 Å². The SMILES string of the molecule is COc1csc(C(=O)N(C)c2ccc(S(N)(=O)=O)cc2)c1. The lowest BCUT2D eigenvalue weighted by Gasteiger charge is -2.16. The van der Waals surface area contributed by atoms with Crippen LogP contribution in [0.3, 0.4) is 0 Å². The zero-order valence-electron chi connectivity index (χ0n) is 11.4. The van der Waals surface area contributed by atoms with E-state index in [1.165, 1.54) is 47.6 Å². The van der Waals surface area contributed by atoms with Crippen molar-refractivity contribution in [2.45, 2.75) is 4.90 Å². The number of carbonyl (C=O) groups is 1. The fourth-order valence-corrected chi connectivity index (χ4v) is 3.02. The zero-order chi connectivity index (χ0) is 15.6. The van der Waals surface area contributed by atoms with E-state index in [0.717, 1.165) is 0 Å². The van der Waals surface area contributed by atoms with Gasteiger partial charge < -0.3 is 9.64 Å². The third-order valence-corrected chi connectivity index (χ3v) is 4.70. The molecule has 2 rings (SSSR count). The smallest absolute Gasteiger partial charge is 0.268 e. The molecule has 2 aromatic rings. The molecule has 0 aliphatic heterocycles. The molecule has 2 N–H and O–H groups in total. The van der Waals surface area contributed by atoms with Crippen LogP contribution in [-0.2, 0) is 10.0 Å². The molecule has 1 aromatic heterocycles. The average Bonchev–Trinajstić information content (AvgIpc) is 2.94. The fourth-order valence-electron chi connectivity index (χ4n) is 1.68. The number of hydrogen-bond acceptors (Lipinski definition) is 5. The number of sulfonamides is 1. The van der Waals surface area contributed by atoms with Gasteiger partial charge in [0.25, 0.3) is 5.91 Å². The molecule has 1 aromatic carbocycles. The predicted molar refractivity (Wildman–Crippen MR) is 81.4 cm³/mol. The molecule has 0 saturated heterocycles. The van der Waals surface area contributed by atoms with Gasteiger partial charge in [0.1, 0.15) is 5.75 Å². The minimum atomic E-state index is -3.74. The van der Waals surface area contributed by atoms with Crippen molar-refractivity contribution in [2.24, 2.45) is 5.14 Å². The maximum atomic E-state index is 12.3. The van der Waals surface area contributed by atoms with Gasteiger partial charge in [0.2, 0.25) is 10.0 Å². The van der Waals surface area contributed by atoms with Crippen molar-refractivity contribution >= 4 is 33.0 Å². The molecule has 0 unspecified atom stereocenters. The van der Waals surface area contributed by atoms with Gasteiger partial charge >= 0.3 is 0 Å². The third kappa shape index (κ3) is 3.41. The van der Waals surface area contributed by atoms with E-state index in [1.807, 2.05) is 0 Å². The minimum absolute atomic E-state index is 0.00453. The Morgan fingerprint density at radius 1 is 1.29 bits per heavy atom. The first-order valence-corrected chi connectivity index (χ1v) is 8.29. The number of amides is 1. The lowest BCUT2D eigenvalue weighted by atomic mass is 10.3. The van der Waals surface area contributed by atoms with Gasteiger partial charge in [-0.05, 0) is 24.3 Å². The molecule has 21 heavy (non-hydrogen) atoms. The van der Waals surface area contributed by atoms with E-state index < -0.39 is 10.0 Å². The fraction of sp³-hybridized carbons (Fsp3) is 0.154. The summed E-state index contributed by atoms with van der Waals surface area (Å²) in [6.07, 6.45) is 0. The highest BCUT2D eigenvalue weighted by Crippen LogP contribution is 2.24. The van der Waals surface area contributed by atoms with E-state index >= 15 is 0 Å². The van der Waals surface area contributed by atoms with E-state index in [9.17, 15) is 13.2 Å². The molecule has 0 fully saturated rings. The van der Waals surface area contributed by atoms with Crippen LogP contribution in [0.25, 0.3) is 0 Å². The van der Waals surface area contributed by atoms with Gasteiger partial charge in [-0.3, -0.25) is 4.79 Å². The maximum Gasteiger partial charge on any atom is 0.268 e. The van der Waals surface area contributed by atoms with E-state index in [2.05, 4.69) is 0 Å². The summed E-state index contributed by atoms with van der Waals surface area (Å²) in [4.78, 5) is 14.3. The van der Waals surface area contributed by atoms with Crippen molar-refractivity contribution in [3.8, 4) is 5.75 Å². The highest BCUT2D eigenvalue weighted by atomic mass is 32.2. The second-order valence-electron chi connectivity index (χ2n) is 4.25. The number of anilines is 1. The molecule has 0 bridgehead atoms. The molecule has 8 heteroatoms. The predicted octanol–water partition coefficient (Wildman–Crippen LogP) is 1.68. The van der Waals surface area contributed by atoms with E-state index in [0.29, 0.717) is 16.3 Å². The maximum absolute atomic E-state index is 12.3. The number of thiophene rings is 1. The summed E-state index contributed by atoms with van der Waals surface area (Å²) in [6, 6.07) is 7.44. The molecule has 0 radical (unpaired) electrons. The Kier molecular flexibility index (Phi) is 4.31. The number of benzene rings is 1. The van der Waals surface area contributed by atoms with E-state index in [4.69, 9.17) is 9.88 Å². The Hall–Kier alpha value is -1.90. The van der Waals surface area contributed by atoms with Crippen LogP contribution >= 0.6 is 11.3 Å². The summed E-state index contributed by atoms with van der Waals surface area (Å²) in [7, 11) is -0.590. The molecular weight excluding hydrogens is 312 g/mol. The van der Waals surface area contributed by atoms with Crippen molar-refractivity contribution in [1.82, 2.24) is 0 Å². The Balaban J connectivity index is 2.23. The number of rotatable bonds is 4. The second-order valence-corrected chi connectivity index (χ2v) is 6.73. The molecule has 0 saturated carbocycles. The molecule has 0 aliphatic rings. The summed E-state index contributed by atoms with van der Waals surface area (Å²) in [6.45, 7) is 0. The van der Waals surface area contributed by atoms with Gasteiger partial charge in [-0.2, -0.15) is 0 Å². The lowest BCUT2D eigenvalue weighted by molar-refractivity contribution is 0.0996. The third-order valence-electron chi connectivity index (χ3n) is 2.88. The Bertz CT molecular complexity index is 751. The van der Waals surface area contributed by atoms with Crippen LogP contribution in [0.15, 0.2) is 40.6 Å². The van der Waals surface area contributed by atoms with Gasteiger partial charge in [-0.1, -0.05) is 0 Å². The second kappa shape index (κ2) is 5.84. The van der Waals surface area contributed by atoms with E-state index in [1.54, 1.807) is 18.5 Å². The normalized spacial score (nSPS) is 11.2. The monoisotopic (exact) mass is 326 g/mol. The number of carbonyl (C=O) groups excluding carboxylic acids is 1. The number of hydrogen-bond donors (Lipinski definition) is 1. The number of nitrogens with zero attached hydrogens (tertiary/aromatic N) is 1. The molecule has 0 spiro atoms. The number of primary sulfonamides is 1. The topological polar surface area (TPSA) is 89.7 Å². The Labute approximate surface area is 126 Å². The van der Waals surface area contributed by atoms with Crippen LogP contribution < -0.4 is 14.8 Å². The number of methoxy groups -OCH3 is 1. The Morgan fingerprint density at radius 2 is 1.90 bits per heavy atom. The molecule has 1 heterocycles. The van der Waals surface area contributed by atoms with Gasteiger partial charge in [-0.25, -0.2) is 13.6 Å². The Morgan fingerprint density at radius 3 is 2.38 bits per heavy atom. The molecular formula is C13H14N2O4S2. The van der Waals surface area contributed by atoms with Gasteiger partial charge in [0.05, 0.1) is 16.9 Å². The van der Waals surface area contributed by atoms with Crippen LogP contribution in [0.1, 0.15) is 9.67 Å². The van der Waals surface area contributed by atoms with E-state index in [-0.39, 0.29) is 10.8 Å². The van der Waals surface area contributed by atoms with Crippen molar-refractivity contribution in [3.05, 3.63) is 40.6 Å². The number of ether oxygens (including phenoxy) is 1. The molecule has 112 valence electrons. The number of nitrogens with two attached hydrogens (primary N) is 1. The summed E-state index contributed by atoms with van der Waals surface area (Å²) in [5, 5.41) is 6.77. The molecule has 0 aliphatic carbocycles. The highest BCUT2D eigenvalue weighted by Gasteiger charge is 2.17. The summed E-state index contributed by atoms with van der Waals surface area (Å²) < 4.78 is 27.4. The quantitative estimate of drug-likeness (QED) is 0.925. The minimum Gasteiger partial charge on any atom is -0.496 e. The lowest BCUT2D eigenvalue weighted by Crippen LogP contribution is -2.25. The largest absolute Gasteiger partial charge is 0.496 e. The molecule has 0 atom stereocenters. The first kappa shape index (κ1) is 15.5. The standard InChI is InChI=1S/C13H14N2O4S2/c1-15(13(16)12-7-10(19-2)8-20-12)9-3-5-11(6-4-9)21(14,17)18/h3-8H,1-2H3,(H2,14,17,18). The van der Waals surface area contributed by atoms with Crippen LogP contribution in [-0.4, -0.2) is 28.5 Å².